The summed E-state index contributed by atoms with van der Waals surface area (Å²) in [4.78, 5) is 56.5. The summed E-state index contributed by atoms with van der Waals surface area (Å²) in [6.07, 6.45) is 2.97. The van der Waals surface area contributed by atoms with Gasteiger partial charge in [-0.3, -0.25) is 19.2 Å². The molecule has 4 heterocycles. The Hall–Kier alpha value is -3.62. The zero-order valence-electron chi connectivity index (χ0n) is 24.5. The Morgan fingerprint density at radius 3 is 2.82 bits per heavy atom. The summed E-state index contributed by atoms with van der Waals surface area (Å²) in [6.45, 7) is 8.86. The Bertz CT molecular complexity index is 1450. The van der Waals surface area contributed by atoms with Crippen molar-refractivity contribution in [3.63, 3.8) is 0 Å². The number of carbonyl (C=O) groups excluding carboxylic acids is 4. The average molecular weight is 674 g/mol. The molecule has 7 atom stereocenters. The van der Waals surface area contributed by atoms with Crippen molar-refractivity contribution in [1.29, 1.82) is 0 Å². The number of fused-ring (bicyclic) bond motifs is 2. The van der Waals surface area contributed by atoms with E-state index in [1.54, 1.807) is 23.8 Å². The molecule has 1 spiro atoms. The molecule has 236 valence electrons. The number of hydrogen-bond donors (Lipinski definition) is 2. The molecule has 3 aliphatic heterocycles. The maximum Gasteiger partial charge on any atom is 0.312 e. The molecule has 3 amide bonds. The van der Waals surface area contributed by atoms with Gasteiger partial charge in [-0.05, 0) is 31.9 Å². The van der Waals surface area contributed by atoms with Gasteiger partial charge in [0.1, 0.15) is 29.9 Å². The SMILES string of the molecule is C=CCCC(=O)NC[C@@H](C)OC(=O)[C@@H]1[C@H]2O[C@@]3(CC2Br)[C@H](C(=O)N(CC=C)Cn2nnc4ccccc42)N(CCO)C(=O)[C@@H]13. The summed E-state index contributed by atoms with van der Waals surface area (Å²) in [5.74, 6) is -3.66. The molecular weight excluding hydrogens is 636 g/mol. The number of ether oxygens (including phenoxy) is 2. The second-order valence-electron chi connectivity index (χ2n) is 11.4. The number of benzene rings is 1. The van der Waals surface area contributed by atoms with Gasteiger partial charge in [0.25, 0.3) is 0 Å². The fourth-order valence-electron chi connectivity index (χ4n) is 6.65. The Balaban J connectivity index is 1.40. The highest BCUT2D eigenvalue weighted by molar-refractivity contribution is 9.09. The first-order chi connectivity index (χ1) is 21.2. The number of aliphatic hydroxyl groups excluding tert-OH is 1. The van der Waals surface area contributed by atoms with E-state index < -0.39 is 53.5 Å². The summed E-state index contributed by atoms with van der Waals surface area (Å²) in [7, 11) is 0. The first kappa shape index (κ1) is 31.8. The van der Waals surface area contributed by atoms with Gasteiger partial charge in [-0.2, -0.15) is 0 Å². The standard InChI is InChI=1S/C30H37BrN6O7/c1-4-6-11-22(39)32-16-18(3)43-29(42)23-24-27(40)36(13-14-38)26(30(24)15-19(31)25(23)44-30)28(41)35(12-5-2)17-37-21-10-8-7-9-20(21)33-34-37/h4-5,7-10,18-19,23-26,38H,1-2,6,11-17H2,3H3,(H,32,39)/t18-,19?,23+,24-,25+,26+,30-/m1/s1. The van der Waals surface area contributed by atoms with Crippen LogP contribution in [0.3, 0.4) is 0 Å². The van der Waals surface area contributed by atoms with E-state index in [2.05, 4.69) is 44.7 Å². The van der Waals surface area contributed by atoms with Crippen molar-refractivity contribution in [2.24, 2.45) is 11.8 Å². The lowest BCUT2D eigenvalue weighted by Gasteiger charge is -2.36. The van der Waals surface area contributed by atoms with Crippen LogP contribution in [-0.2, 0) is 35.3 Å². The highest BCUT2D eigenvalue weighted by atomic mass is 79.9. The maximum atomic E-state index is 14.4. The number of halogens is 1. The van der Waals surface area contributed by atoms with E-state index in [-0.39, 0.29) is 50.1 Å². The summed E-state index contributed by atoms with van der Waals surface area (Å²) in [6, 6.07) is 6.25. The van der Waals surface area contributed by atoms with E-state index in [9.17, 15) is 24.3 Å². The van der Waals surface area contributed by atoms with Gasteiger partial charge in [-0.25, -0.2) is 4.68 Å². The Morgan fingerprint density at radius 1 is 1.32 bits per heavy atom. The second-order valence-corrected chi connectivity index (χ2v) is 12.5. The lowest BCUT2D eigenvalue weighted by molar-refractivity contribution is -0.159. The fraction of sp³-hybridized carbons (Fsp3) is 0.533. The largest absolute Gasteiger partial charge is 0.460 e. The zero-order chi connectivity index (χ0) is 31.6. The average Bonchev–Trinajstić information content (AvgIpc) is 3.72. The van der Waals surface area contributed by atoms with E-state index in [0.717, 1.165) is 5.52 Å². The molecule has 14 heteroatoms. The molecule has 13 nitrogen and oxygen atoms in total. The Kier molecular flexibility index (Phi) is 9.51. The van der Waals surface area contributed by atoms with Crippen LogP contribution in [0.15, 0.2) is 49.6 Å². The molecule has 2 bridgehead atoms. The molecule has 2 N–H and O–H groups in total. The number of nitrogens with one attached hydrogen (secondary N) is 1. The molecule has 5 rings (SSSR count). The maximum absolute atomic E-state index is 14.4. The summed E-state index contributed by atoms with van der Waals surface area (Å²) < 4.78 is 13.8. The molecule has 0 saturated carbocycles. The van der Waals surface area contributed by atoms with Gasteiger partial charge in [0.2, 0.25) is 17.7 Å². The minimum absolute atomic E-state index is 0.0342. The zero-order valence-corrected chi connectivity index (χ0v) is 26.1. The number of β-amino-alcohol motifs (C(OH)–C–C–N with tert-alkyl or cyclic N) is 1. The highest BCUT2D eigenvalue weighted by Crippen LogP contribution is 2.60. The van der Waals surface area contributed by atoms with Gasteiger partial charge >= 0.3 is 5.97 Å². The number of nitrogens with zero attached hydrogens (tertiary/aromatic N) is 5. The van der Waals surface area contributed by atoms with Gasteiger partial charge in [0, 0.05) is 24.3 Å². The van der Waals surface area contributed by atoms with Crippen molar-refractivity contribution >= 4 is 50.7 Å². The van der Waals surface area contributed by atoms with E-state index in [4.69, 9.17) is 9.47 Å². The Morgan fingerprint density at radius 2 is 2.09 bits per heavy atom. The van der Waals surface area contributed by atoms with E-state index in [1.165, 1.54) is 9.80 Å². The first-order valence-electron chi connectivity index (χ1n) is 14.7. The summed E-state index contributed by atoms with van der Waals surface area (Å²) >= 11 is 3.63. The molecule has 1 unspecified atom stereocenters. The monoisotopic (exact) mass is 672 g/mol. The molecule has 0 radical (unpaired) electrons. The molecule has 3 aliphatic rings. The molecule has 2 aromatic rings. The number of amides is 3. The number of rotatable bonds is 14. The molecule has 1 aromatic carbocycles. The number of aromatic nitrogens is 3. The lowest BCUT2D eigenvalue weighted by Crippen LogP contribution is -2.57. The van der Waals surface area contributed by atoms with Gasteiger partial charge in [-0.15, -0.1) is 18.3 Å². The van der Waals surface area contributed by atoms with Crippen molar-refractivity contribution in [3.05, 3.63) is 49.6 Å². The number of allylic oxidation sites excluding steroid dienone is 1. The van der Waals surface area contributed by atoms with E-state index in [1.807, 2.05) is 24.3 Å². The number of aliphatic hydroxyl groups is 1. The van der Waals surface area contributed by atoms with Crippen LogP contribution < -0.4 is 5.32 Å². The van der Waals surface area contributed by atoms with Crippen LogP contribution in [0.25, 0.3) is 11.0 Å². The van der Waals surface area contributed by atoms with Crippen molar-refractivity contribution < 1.29 is 33.8 Å². The fourth-order valence-corrected chi connectivity index (χ4v) is 7.60. The number of esters is 1. The van der Waals surface area contributed by atoms with E-state index >= 15 is 0 Å². The van der Waals surface area contributed by atoms with Gasteiger partial charge in [0.05, 0.1) is 36.6 Å². The van der Waals surface area contributed by atoms with Crippen LogP contribution in [-0.4, -0.2) is 109 Å². The summed E-state index contributed by atoms with van der Waals surface area (Å²) in [5.41, 5.74) is 0.0760. The number of carbonyl (C=O) groups is 4. The molecule has 1 aromatic heterocycles. The normalized spacial score (nSPS) is 27.7. The number of likely N-dealkylation sites (tertiary alicyclic amines) is 1. The summed E-state index contributed by atoms with van der Waals surface area (Å²) in [5, 5.41) is 21.0. The van der Waals surface area contributed by atoms with Crippen molar-refractivity contribution in [2.45, 2.75) is 61.5 Å². The minimum atomic E-state index is -1.32. The van der Waals surface area contributed by atoms with Crippen molar-refractivity contribution in [1.82, 2.24) is 30.1 Å². The molecule has 3 fully saturated rings. The Labute approximate surface area is 263 Å². The van der Waals surface area contributed by atoms with Crippen LogP contribution in [0.4, 0.5) is 0 Å². The third kappa shape index (κ3) is 5.66. The van der Waals surface area contributed by atoms with Crippen LogP contribution in [0.1, 0.15) is 26.2 Å². The molecule has 3 saturated heterocycles. The van der Waals surface area contributed by atoms with Crippen LogP contribution >= 0.6 is 15.9 Å². The topological polar surface area (TPSA) is 156 Å². The molecular formula is C30H37BrN6O7. The predicted molar refractivity (Wildman–Crippen MR) is 162 cm³/mol. The lowest BCUT2D eigenvalue weighted by atomic mass is 9.70. The van der Waals surface area contributed by atoms with Crippen LogP contribution in [0.5, 0.6) is 0 Å². The van der Waals surface area contributed by atoms with Gasteiger partial charge < -0.3 is 29.7 Å². The smallest absolute Gasteiger partial charge is 0.312 e. The first-order valence-corrected chi connectivity index (χ1v) is 15.6. The number of alkyl halides is 1. The third-order valence-corrected chi connectivity index (χ3v) is 9.35. The number of hydrogen-bond acceptors (Lipinski definition) is 9. The molecule has 0 aliphatic carbocycles. The second kappa shape index (κ2) is 13.2. The van der Waals surface area contributed by atoms with Crippen molar-refractivity contribution in [3.8, 4) is 0 Å². The van der Waals surface area contributed by atoms with Gasteiger partial charge in [-0.1, -0.05) is 45.4 Å². The third-order valence-electron chi connectivity index (χ3n) is 8.50. The van der Waals surface area contributed by atoms with Crippen molar-refractivity contribution in [2.75, 3.05) is 26.2 Å². The molecule has 44 heavy (non-hydrogen) atoms. The highest BCUT2D eigenvalue weighted by Gasteiger charge is 2.77. The van der Waals surface area contributed by atoms with Crippen LogP contribution in [0.2, 0.25) is 0 Å². The minimum Gasteiger partial charge on any atom is -0.460 e. The van der Waals surface area contributed by atoms with Crippen LogP contribution in [0, 0.1) is 11.8 Å². The van der Waals surface area contributed by atoms with E-state index in [0.29, 0.717) is 18.4 Å². The predicted octanol–water partition coefficient (Wildman–Crippen LogP) is 1.16. The number of para-hydroxylation sites is 1. The quantitative estimate of drug-likeness (QED) is 0.171. The van der Waals surface area contributed by atoms with Gasteiger partial charge in [0.15, 0.2) is 0 Å².